The smallest absolute Gasteiger partial charge is 0.339 e. The minimum atomic E-state index is -1.36. The predicted octanol–water partition coefficient (Wildman–Crippen LogP) is 1.42. The minimum Gasteiger partial charge on any atom is -0.506 e. The SMILES string of the molecule is C.O=C(O)c1cccc(C(=O)O)c1O. The molecule has 0 aliphatic heterocycles. The fourth-order valence-electron chi connectivity index (χ4n) is 0.889. The molecule has 76 valence electrons. The van der Waals surface area contributed by atoms with Crippen LogP contribution in [0, 0.1) is 0 Å². The van der Waals surface area contributed by atoms with Crippen LogP contribution in [0.25, 0.3) is 0 Å². The Morgan fingerprint density at radius 3 is 1.64 bits per heavy atom. The maximum atomic E-state index is 10.4. The van der Waals surface area contributed by atoms with Gasteiger partial charge in [-0.1, -0.05) is 13.5 Å². The van der Waals surface area contributed by atoms with Gasteiger partial charge in [-0.15, -0.1) is 0 Å². The van der Waals surface area contributed by atoms with Crippen LogP contribution < -0.4 is 0 Å². The van der Waals surface area contributed by atoms with Gasteiger partial charge in [0.1, 0.15) is 16.9 Å². The van der Waals surface area contributed by atoms with Gasteiger partial charge in [0.25, 0.3) is 0 Å². The molecule has 5 nitrogen and oxygen atoms in total. The van der Waals surface area contributed by atoms with Gasteiger partial charge in [0, 0.05) is 0 Å². The summed E-state index contributed by atoms with van der Waals surface area (Å²) in [4.78, 5) is 20.9. The number of rotatable bonds is 2. The molecule has 0 aromatic heterocycles. The predicted molar refractivity (Wildman–Crippen MR) is 48.8 cm³/mol. The largest absolute Gasteiger partial charge is 0.506 e. The number of aromatic carboxylic acids is 2. The Labute approximate surface area is 80.2 Å². The van der Waals surface area contributed by atoms with E-state index >= 15 is 0 Å². The van der Waals surface area contributed by atoms with Crippen LogP contribution in [0.4, 0.5) is 0 Å². The fraction of sp³-hybridized carbons (Fsp3) is 0.111. The van der Waals surface area contributed by atoms with Gasteiger partial charge >= 0.3 is 11.9 Å². The normalized spacial score (nSPS) is 8.86. The van der Waals surface area contributed by atoms with Crippen molar-refractivity contribution in [3.63, 3.8) is 0 Å². The Hall–Kier alpha value is -2.04. The van der Waals surface area contributed by atoms with Crippen molar-refractivity contribution in [3.8, 4) is 5.75 Å². The highest BCUT2D eigenvalue weighted by Crippen LogP contribution is 2.21. The highest BCUT2D eigenvalue weighted by molar-refractivity contribution is 5.98. The van der Waals surface area contributed by atoms with Crippen molar-refractivity contribution in [1.82, 2.24) is 0 Å². The number of carboxylic acid groups (broad SMARTS) is 2. The number of hydrogen-bond donors (Lipinski definition) is 3. The summed E-state index contributed by atoms with van der Waals surface area (Å²) in [6, 6.07) is 3.51. The van der Waals surface area contributed by atoms with E-state index in [1.807, 2.05) is 0 Å². The van der Waals surface area contributed by atoms with Crippen LogP contribution in [0.15, 0.2) is 18.2 Å². The van der Waals surface area contributed by atoms with Crippen LogP contribution in [-0.4, -0.2) is 27.3 Å². The molecule has 0 heterocycles. The molecule has 0 spiro atoms. The molecule has 0 amide bonds. The Morgan fingerprint density at radius 2 is 1.36 bits per heavy atom. The molecule has 0 aliphatic carbocycles. The summed E-state index contributed by atoms with van der Waals surface area (Å²) in [5.74, 6) is -3.44. The van der Waals surface area contributed by atoms with Gasteiger partial charge in [0.05, 0.1) is 0 Å². The van der Waals surface area contributed by atoms with E-state index in [0.717, 1.165) is 12.1 Å². The quantitative estimate of drug-likeness (QED) is 0.668. The van der Waals surface area contributed by atoms with Crippen molar-refractivity contribution in [2.75, 3.05) is 0 Å². The first-order valence-corrected chi connectivity index (χ1v) is 3.32. The Morgan fingerprint density at radius 1 is 1.00 bits per heavy atom. The third-order valence-corrected chi connectivity index (χ3v) is 1.50. The average Bonchev–Trinajstić information content (AvgIpc) is 2.03. The molecule has 0 bridgehead atoms. The van der Waals surface area contributed by atoms with Gasteiger partial charge in [-0.2, -0.15) is 0 Å². The molecule has 0 atom stereocenters. The van der Waals surface area contributed by atoms with E-state index in [1.54, 1.807) is 0 Å². The lowest BCUT2D eigenvalue weighted by Gasteiger charge is -2.01. The molecule has 0 aliphatic rings. The van der Waals surface area contributed by atoms with Crippen molar-refractivity contribution in [3.05, 3.63) is 29.3 Å². The number of phenols is 1. The van der Waals surface area contributed by atoms with Crippen LogP contribution in [0.2, 0.25) is 0 Å². The average molecular weight is 198 g/mol. The van der Waals surface area contributed by atoms with Gasteiger partial charge < -0.3 is 15.3 Å². The summed E-state index contributed by atoms with van der Waals surface area (Å²) in [6.07, 6.45) is 0. The van der Waals surface area contributed by atoms with Crippen molar-refractivity contribution >= 4 is 11.9 Å². The molecule has 0 saturated carbocycles. The van der Waals surface area contributed by atoms with E-state index in [4.69, 9.17) is 15.3 Å². The van der Waals surface area contributed by atoms with Gasteiger partial charge in [0.15, 0.2) is 0 Å². The van der Waals surface area contributed by atoms with Gasteiger partial charge in [0.2, 0.25) is 0 Å². The molecule has 0 unspecified atom stereocenters. The molecule has 14 heavy (non-hydrogen) atoms. The first-order valence-electron chi connectivity index (χ1n) is 3.32. The van der Waals surface area contributed by atoms with Crippen molar-refractivity contribution < 1.29 is 24.9 Å². The second-order valence-electron chi connectivity index (χ2n) is 2.31. The number of hydrogen-bond acceptors (Lipinski definition) is 3. The molecular formula is C9H10O5. The summed E-state index contributed by atoms with van der Waals surface area (Å²) in [6.45, 7) is 0. The van der Waals surface area contributed by atoms with Gasteiger partial charge in [-0.05, 0) is 12.1 Å². The van der Waals surface area contributed by atoms with Crippen LogP contribution in [0.1, 0.15) is 28.1 Å². The molecule has 1 aromatic carbocycles. The zero-order valence-electron chi connectivity index (χ0n) is 6.39. The molecule has 0 radical (unpaired) electrons. The third-order valence-electron chi connectivity index (χ3n) is 1.50. The topological polar surface area (TPSA) is 94.8 Å². The first kappa shape index (κ1) is 12.0. The van der Waals surface area contributed by atoms with E-state index in [2.05, 4.69) is 0 Å². The number of aromatic hydroxyl groups is 1. The Kier molecular flexibility index (Phi) is 3.65. The summed E-state index contributed by atoms with van der Waals surface area (Å²) in [7, 11) is 0. The van der Waals surface area contributed by atoms with Crippen LogP contribution in [-0.2, 0) is 0 Å². The highest BCUT2D eigenvalue weighted by atomic mass is 16.4. The number of para-hydroxylation sites is 1. The number of carbonyl (C=O) groups is 2. The molecule has 1 aromatic rings. The molecule has 0 fully saturated rings. The van der Waals surface area contributed by atoms with Crippen LogP contribution in [0.5, 0.6) is 5.75 Å². The zero-order valence-corrected chi connectivity index (χ0v) is 6.39. The summed E-state index contributed by atoms with van der Waals surface area (Å²) < 4.78 is 0. The Balaban J connectivity index is 0.00000169. The van der Waals surface area contributed by atoms with Gasteiger partial charge in [-0.3, -0.25) is 0 Å². The lowest BCUT2D eigenvalue weighted by atomic mass is 10.1. The molecule has 0 saturated heterocycles. The standard InChI is InChI=1S/C8H6O5.CH4/c9-6-4(7(10)11)2-1-3-5(6)8(12)13;/h1-3,9H,(H,10,11)(H,12,13);1H4. The summed E-state index contributed by atoms with van der Waals surface area (Å²) >= 11 is 0. The lowest BCUT2D eigenvalue weighted by Crippen LogP contribution is -2.02. The van der Waals surface area contributed by atoms with E-state index in [-0.39, 0.29) is 7.43 Å². The third kappa shape index (κ3) is 2.01. The summed E-state index contributed by atoms with van der Waals surface area (Å²) in [5, 5.41) is 26.2. The maximum Gasteiger partial charge on any atom is 0.339 e. The molecule has 1 rings (SSSR count). The monoisotopic (exact) mass is 198 g/mol. The van der Waals surface area contributed by atoms with E-state index < -0.39 is 28.8 Å². The summed E-state index contributed by atoms with van der Waals surface area (Å²) in [5.41, 5.74) is -0.834. The fourth-order valence-corrected chi connectivity index (χ4v) is 0.889. The van der Waals surface area contributed by atoms with Gasteiger partial charge in [-0.25, -0.2) is 9.59 Å². The van der Waals surface area contributed by atoms with Crippen molar-refractivity contribution in [2.24, 2.45) is 0 Å². The maximum absolute atomic E-state index is 10.4. The number of carboxylic acids is 2. The minimum absolute atomic E-state index is 0. The van der Waals surface area contributed by atoms with E-state index in [1.165, 1.54) is 6.07 Å². The van der Waals surface area contributed by atoms with E-state index in [9.17, 15) is 9.59 Å². The van der Waals surface area contributed by atoms with E-state index in [0.29, 0.717) is 0 Å². The molecular weight excluding hydrogens is 188 g/mol. The zero-order chi connectivity index (χ0) is 10.0. The van der Waals surface area contributed by atoms with Crippen LogP contribution >= 0.6 is 0 Å². The van der Waals surface area contributed by atoms with Crippen LogP contribution in [0.3, 0.4) is 0 Å². The highest BCUT2D eigenvalue weighted by Gasteiger charge is 2.16. The number of benzene rings is 1. The first-order chi connectivity index (χ1) is 6.04. The second kappa shape index (κ2) is 4.27. The lowest BCUT2D eigenvalue weighted by molar-refractivity contribution is 0.0691. The van der Waals surface area contributed by atoms with Crippen molar-refractivity contribution in [1.29, 1.82) is 0 Å². The van der Waals surface area contributed by atoms with Crippen molar-refractivity contribution in [2.45, 2.75) is 7.43 Å². The Bertz CT molecular complexity index is 337. The molecule has 3 N–H and O–H groups in total. The molecule has 5 heteroatoms. The second-order valence-corrected chi connectivity index (χ2v) is 2.31.